The van der Waals surface area contributed by atoms with E-state index in [9.17, 15) is 4.79 Å². The molecule has 0 saturated carbocycles. The molecule has 0 bridgehead atoms. The van der Waals surface area contributed by atoms with E-state index >= 15 is 0 Å². The summed E-state index contributed by atoms with van der Waals surface area (Å²) >= 11 is 0. The lowest BCUT2D eigenvalue weighted by Gasteiger charge is -2.08. The number of hydrogen-bond donors (Lipinski definition) is 1. The summed E-state index contributed by atoms with van der Waals surface area (Å²) in [6.45, 7) is -0.111. The first-order valence-electron chi connectivity index (χ1n) is 9.26. The normalized spacial score (nSPS) is 10.6. The van der Waals surface area contributed by atoms with Crippen LogP contribution in [0.5, 0.6) is 17.2 Å². The Kier molecular flexibility index (Phi) is 5.52. The number of nitrogens with one attached hydrogen (secondary N) is 1. The van der Waals surface area contributed by atoms with E-state index in [1.807, 2.05) is 24.3 Å². The summed E-state index contributed by atoms with van der Waals surface area (Å²) in [6.07, 6.45) is 0. The molecule has 0 unspecified atom stereocenters. The summed E-state index contributed by atoms with van der Waals surface area (Å²) in [7, 11) is 3.21. The molecule has 0 spiro atoms. The van der Waals surface area contributed by atoms with Crippen LogP contribution in [-0.4, -0.2) is 31.7 Å². The summed E-state index contributed by atoms with van der Waals surface area (Å²) in [4.78, 5) is 16.7. The molecule has 0 aliphatic carbocycles. The van der Waals surface area contributed by atoms with Crippen molar-refractivity contribution >= 4 is 22.7 Å². The fourth-order valence-electron chi connectivity index (χ4n) is 2.88. The van der Waals surface area contributed by atoms with Crippen molar-refractivity contribution in [1.82, 2.24) is 4.98 Å². The molecule has 0 radical (unpaired) electrons. The summed E-state index contributed by atoms with van der Waals surface area (Å²) in [5, 5.41) is 2.80. The second-order valence-electron chi connectivity index (χ2n) is 6.44. The van der Waals surface area contributed by atoms with Crippen LogP contribution in [0, 0.1) is 0 Å². The molecular weight excluding hydrogens is 384 g/mol. The molecule has 0 fully saturated rings. The Bertz CT molecular complexity index is 1150. The van der Waals surface area contributed by atoms with Gasteiger partial charge >= 0.3 is 0 Å². The van der Waals surface area contributed by atoms with Crippen molar-refractivity contribution in [3.05, 3.63) is 66.7 Å². The summed E-state index contributed by atoms with van der Waals surface area (Å²) in [6, 6.07) is 19.8. The van der Waals surface area contributed by atoms with E-state index in [2.05, 4.69) is 10.3 Å². The number of ether oxygens (including phenoxy) is 3. The van der Waals surface area contributed by atoms with Gasteiger partial charge in [0.1, 0.15) is 22.8 Å². The van der Waals surface area contributed by atoms with Gasteiger partial charge in [0.15, 0.2) is 12.2 Å². The van der Waals surface area contributed by atoms with Gasteiger partial charge in [-0.1, -0.05) is 0 Å². The highest BCUT2D eigenvalue weighted by atomic mass is 16.5. The van der Waals surface area contributed by atoms with Crippen molar-refractivity contribution in [2.75, 3.05) is 26.1 Å². The van der Waals surface area contributed by atoms with Crippen LogP contribution >= 0.6 is 0 Å². The monoisotopic (exact) mass is 404 g/mol. The van der Waals surface area contributed by atoms with Crippen LogP contribution in [0.25, 0.3) is 22.6 Å². The minimum Gasteiger partial charge on any atom is -0.497 e. The predicted molar refractivity (Wildman–Crippen MR) is 113 cm³/mol. The van der Waals surface area contributed by atoms with E-state index in [0.29, 0.717) is 28.4 Å². The predicted octanol–water partition coefficient (Wildman–Crippen LogP) is 4.53. The Hall–Kier alpha value is -4.00. The van der Waals surface area contributed by atoms with Crippen LogP contribution in [0.3, 0.4) is 0 Å². The van der Waals surface area contributed by atoms with E-state index < -0.39 is 0 Å². The van der Waals surface area contributed by atoms with Crippen LogP contribution in [0.1, 0.15) is 0 Å². The van der Waals surface area contributed by atoms with E-state index in [4.69, 9.17) is 18.6 Å². The summed E-state index contributed by atoms with van der Waals surface area (Å²) < 4.78 is 21.6. The average molecular weight is 404 g/mol. The van der Waals surface area contributed by atoms with E-state index in [1.54, 1.807) is 56.7 Å². The minimum atomic E-state index is -0.274. The quantitative estimate of drug-likeness (QED) is 0.487. The van der Waals surface area contributed by atoms with Gasteiger partial charge in [-0.05, 0) is 66.7 Å². The lowest BCUT2D eigenvalue weighted by Crippen LogP contribution is -2.20. The molecule has 1 amide bonds. The van der Waals surface area contributed by atoms with Crippen molar-refractivity contribution in [2.24, 2.45) is 0 Å². The largest absolute Gasteiger partial charge is 0.497 e. The van der Waals surface area contributed by atoms with Crippen molar-refractivity contribution < 1.29 is 23.4 Å². The van der Waals surface area contributed by atoms with Crippen LogP contribution in [0.15, 0.2) is 71.1 Å². The van der Waals surface area contributed by atoms with Gasteiger partial charge in [0.2, 0.25) is 5.89 Å². The van der Waals surface area contributed by atoms with E-state index in [-0.39, 0.29) is 12.5 Å². The molecule has 0 saturated heterocycles. The fraction of sp³-hybridized carbons (Fsp3) is 0.130. The number of carbonyl (C=O) groups is 1. The number of oxazole rings is 1. The Morgan fingerprint density at radius 2 is 1.53 bits per heavy atom. The van der Waals surface area contributed by atoms with Gasteiger partial charge in [-0.25, -0.2) is 4.98 Å². The van der Waals surface area contributed by atoms with E-state index in [0.717, 1.165) is 17.1 Å². The number of methoxy groups -OCH3 is 2. The van der Waals surface area contributed by atoms with Crippen molar-refractivity contribution in [2.45, 2.75) is 0 Å². The smallest absolute Gasteiger partial charge is 0.262 e. The summed E-state index contributed by atoms with van der Waals surface area (Å²) in [5.74, 6) is 2.29. The van der Waals surface area contributed by atoms with Crippen LogP contribution in [0.4, 0.5) is 5.69 Å². The Morgan fingerprint density at radius 1 is 0.900 bits per heavy atom. The van der Waals surface area contributed by atoms with Gasteiger partial charge in [-0.15, -0.1) is 0 Å². The van der Waals surface area contributed by atoms with Gasteiger partial charge in [0, 0.05) is 11.3 Å². The topological polar surface area (TPSA) is 82.8 Å². The average Bonchev–Trinajstić information content (AvgIpc) is 3.21. The number of amides is 1. The van der Waals surface area contributed by atoms with Crippen LogP contribution in [0.2, 0.25) is 0 Å². The standard InChI is InChI=1S/C23H20N2O5/c1-27-17-6-3-15(4-7-17)23-25-20-13-16(5-12-21(20)30-23)24-22(26)14-29-19-10-8-18(28-2)9-11-19/h3-13H,14H2,1-2H3,(H,24,26). The molecule has 4 aromatic rings. The molecule has 0 atom stereocenters. The zero-order chi connectivity index (χ0) is 20.9. The number of rotatable bonds is 7. The van der Waals surface area contributed by atoms with Gasteiger partial charge < -0.3 is 23.9 Å². The number of fused-ring (bicyclic) bond motifs is 1. The number of hydrogen-bond acceptors (Lipinski definition) is 6. The van der Waals surface area contributed by atoms with Gasteiger partial charge in [-0.3, -0.25) is 4.79 Å². The fourth-order valence-corrected chi connectivity index (χ4v) is 2.88. The lowest BCUT2D eigenvalue weighted by atomic mass is 10.2. The zero-order valence-corrected chi connectivity index (χ0v) is 16.5. The number of anilines is 1. The first-order valence-corrected chi connectivity index (χ1v) is 9.26. The number of benzene rings is 3. The molecule has 3 aromatic carbocycles. The van der Waals surface area contributed by atoms with Gasteiger partial charge in [0.05, 0.1) is 14.2 Å². The Labute approximate surface area is 173 Å². The van der Waals surface area contributed by atoms with Crippen LogP contribution < -0.4 is 19.5 Å². The highest BCUT2D eigenvalue weighted by Gasteiger charge is 2.11. The number of nitrogens with zero attached hydrogens (tertiary/aromatic N) is 1. The third kappa shape index (κ3) is 4.35. The highest BCUT2D eigenvalue weighted by Crippen LogP contribution is 2.27. The first kappa shape index (κ1) is 19.3. The molecule has 1 heterocycles. The molecule has 7 nitrogen and oxygen atoms in total. The third-order valence-electron chi connectivity index (χ3n) is 4.44. The zero-order valence-electron chi connectivity index (χ0n) is 16.5. The maximum Gasteiger partial charge on any atom is 0.262 e. The summed E-state index contributed by atoms with van der Waals surface area (Å²) in [5.41, 5.74) is 2.73. The Morgan fingerprint density at radius 3 is 2.20 bits per heavy atom. The van der Waals surface area contributed by atoms with Gasteiger partial charge in [0.25, 0.3) is 5.91 Å². The molecular formula is C23H20N2O5. The SMILES string of the molecule is COc1ccc(OCC(=O)Nc2ccc3oc(-c4ccc(OC)cc4)nc3c2)cc1. The molecule has 0 aliphatic heterocycles. The van der Waals surface area contributed by atoms with Crippen molar-refractivity contribution in [3.8, 4) is 28.7 Å². The van der Waals surface area contributed by atoms with Gasteiger partial charge in [-0.2, -0.15) is 0 Å². The second-order valence-corrected chi connectivity index (χ2v) is 6.44. The van der Waals surface area contributed by atoms with Crippen molar-refractivity contribution in [3.63, 3.8) is 0 Å². The van der Waals surface area contributed by atoms with Crippen molar-refractivity contribution in [1.29, 1.82) is 0 Å². The molecule has 152 valence electrons. The first-order chi connectivity index (χ1) is 14.6. The second kappa shape index (κ2) is 8.57. The van der Waals surface area contributed by atoms with E-state index in [1.165, 1.54) is 0 Å². The molecule has 1 aromatic heterocycles. The molecule has 1 N–H and O–H groups in total. The number of aromatic nitrogens is 1. The number of carbonyl (C=O) groups excluding carboxylic acids is 1. The molecule has 0 aliphatic rings. The minimum absolute atomic E-state index is 0.111. The molecule has 7 heteroatoms. The maximum absolute atomic E-state index is 12.2. The highest BCUT2D eigenvalue weighted by molar-refractivity contribution is 5.94. The third-order valence-corrected chi connectivity index (χ3v) is 4.44. The molecule has 30 heavy (non-hydrogen) atoms. The Balaban J connectivity index is 1.41. The van der Waals surface area contributed by atoms with Crippen LogP contribution in [-0.2, 0) is 4.79 Å². The maximum atomic E-state index is 12.2. The molecule has 4 rings (SSSR count). The lowest BCUT2D eigenvalue weighted by molar-refractivity contribution is -0.118.